The third-order valence-corrected chi connectivity index (χ3v) is 7.80. The minimum atomic E-state index is -0.402. The van der Waals surface area contributed by atoms with Crippen LogP contribution in [0.15, 0.2) is 42.5 Å². The molecule has 0 bridgehead atoms. The number of β-amino-alcohol motifs (C(OH)–C–C–N with tert-alkyl or cyclic N) is 1. The van der Waals surface area contributed by atoms with Crippen LogP contribution in [0.1, 0.15) is 60.1 Å². The van der Waals surface area contributed by atoms with Gasteiger partial charge in [-0.2, -0.15) is 0 Å². The average molecular weight is 419 g/mol. The minimum Gasteiger partial charge on any atom is -0.391 e. The van der Waals surface area contributed by atoms with Gasteiger partial charge in [-0.05, 0) is 49.8 Å². The molecule has 3 heterocycles. The molecule has 5 heteroatoms. The number of carbonyl (C=O) groups excluding carboxylic acids is 1. The summed E-state index contributed by atoms with van der Waals surface area (Å²) < 4.78 is 6.26. The fourth-order valence-corrected chi connectivity index (χ4v) is 5.94. The first-order valence-electron chi connectivity index (χ1n) is 11.6. The van der Waals surface area contributed by atoms with Crippen LogP contribution in [0.4, 0.5) is 5.69 Å². The molecule has 31 heavy (non-hydrogen) atoms. The van der Waals surface area contributed by atoms with Crippen LogP contribution in [0.3, 0.4) is 0 Å². The normalized spacial score (nSPS) is 30.5. The van der Waals surface area contributed by atoms with Crippen molar-refractivity contribution < 1.29 is 14.6 Å². The number of rotatable bonds is 3. The van der Waals surface area contributed by atoms with Gasteiger partial charge in [-0.3, -0.25) is 4.79 Å². The van der Waals surface area contributed by atoms with E-state index in [0.717, 1.165) is 37.1 Å². The smallest absolute Gasteiger partial charge is 0.233 e. The van der Waals surface area contributed by atoms with E-state index >= 15 is 0 Å². The number of ether oxygens (including phenoxy) is 1. The largest absolute Gasteiger partial charge is 0.391 e. The first kappa shape index (κ1) is 19.3. The number of hydrogen-bond donors (Lipinski definition) is 2. The second-order valence-electron chi connectivity index (χ2n) is 9.86. The Morgan fingerprint density at radius 3 is 2.81 bits per heavy atom. The molecule has 1 aliphatic carbocycles. The highest BCUT2D eigenvalue weighted by Gasteiger charge is 2.54. The maximum absolute atomic E-state index is 13.3. The highest BCUT2D eigenvalue weighted by Crippen LogP contribution is 2.54. The van der Waals surface area contributed by atoms with Gasteiger partial charge in [0.1, 0.15) is 0 Å². The summed E-state index contributed by atoms with van der Waals surface area (Å²) in [4.78, 5) is 15.2. The predicted octanol–water partition coefficient (Wildman–Crippen LogP) is 3.86. The number of carbonyl (C=O) groups is 1. The Morgan fingerprint density at radius 2 is 2.06 bits per heavy atom. The number of aryl methyl sites for hydroxylation is 1. The fraction of sp³-hybridized carbons (Fsp3) is 0.500. The van der Waals surface area contributed by atoms with Crippen LogP contribution in [0.5, 0.6) is 0 Å². The van der Waals surface area contributed by atoms with E-state index < -0.39 is 5.41 Å². The summed E-state index contributed by atoms with van der Waals surface area (Å²) in [6.45, 7) is 4.05. The molecular weight excluding hydrogens is 388 g/mol. The summed E-state index contributed by atoms with van der Waals surface area (Å²) in [7, 11) is 0. The molecule has 3 aliphatic heterocycles. The quantitative estimate of drug-likeness (QED) is 0.795. The molecule has 4 atom stereocenters. The monoisotopic (exact) mass is 418 g/mol. The first-order chi connectivity index (χ1) is 15.0. The Balaban J connectivity index is 1.33. The molecule has 1 amide bonds. The average Bonchev–Trinajstić information content (AvgIpc) is 3.22. The Bertz CT molecular complexity index is 1030. The Morgan fingerprint density at radius 1 is 1.19 bits per heavy atom. The molecule has 0 unspecified atom stereocenters. The first-order valence-corrected chi connectivity index (χ1v) is 11.6. The second kappa shape index (κ2) is 7.07. The lowest BCUT2D eigenvalue weighted by molar-refractivity contribution is -0.133. The zero-order chi connectivity index (χ0) is 21.2. The van der Waals surface area contributed by atoms with Gasteiger partial charge in [-0.1, -0.05) is 42.0 Å². The number of aliphatic hydroxyl groups excluding tert-OH is 1. The van der Waals surface area contributed by atoms with Crippen molar-refractivity contribution in [3.8, 4) is 0 Å². The minimum absolute atomic E-state index is 0.0706. The second-order valence-corrected chi connectivity index (χ2v) is 9.86. The van der Waals surface area contributed by atoms with Crippen LogP contribution in [-0.4, -0.2) is 41.7 Å². The highest BCUT2D eigenvalue weighted by atomic mass is 16.5. The van der Waals surface area contributed by atoms with Crippen LogP contribution in [0, 0.1) is 12.8 Å². The van der Waals surface area contributed by atoms with Gasteiger partial charge in [0.05, 0.1) is 23.7 Å². The third kappa shape index (κ3) is 3.09. The SMILES string of the molecule is Cc1cccc([C@H]2Nc3ccc(C4(C(=O)N5CC[C@@H](O)C5)CC4)cc3[C@@H]3OCC[C@H]23)c1. The number of aliphatic hydroxyl groups is 1. The number of amides is 1. The van der Waals surface area contributed by atoms with E-state index in [1.807, 2.05) is 4.90 Å². The van der Waals surface area contributed by atoms with Crippen LogP contribution < -0.4 is 5.32 Å². The van der Waals surface area contributed by atoms with E-state index in [0.29, 0.717) is 25.4 Å². The van der Waals surface area contributed by atoms with Crippen LogP contribution >= 0.6 is 0 Å². The summed E-state index contributed by atoms with van der Waals surface area (Å²) in [5.74, 6) is 0.582. The van der Waals surface area contributed by atoms with E-state index in [1.54, 1.807) is 0 Å². The topological polar surface area (TPSA) is 61.8 Å². The van der Waals surface area contributed by atoms with Gasteiger partial charge in [0.2, 0.25) is 5.91 Å². The van der Waals surface area contributed by atoms with E-state index in [4.69, 9.17) is 4.74 Å². The third-order valence-electron chi connectivity index (χ3n) is 7.80. The Kier molecular flexibility index (Phi) is 4.41. The molecule has 4 aliphatic rings. The van der Waals surface area contributed by atoms with Crippen molar-refractivity contribution in [1.29, 1.82) is 0 Å². The number of likely N-dealkylation sites (tertiary alicyclic amines) is 1. The van der Waals surface area contributed by atoms with E-state index in [-0.39, 0.29) is 24.2 Å². The molecular formula is C26H30N2O3. The van der Waals surface area contributed by atoms with Gasteiger partial charge in [-0.15, -0.1) is 0 Å². The van der Waals surface area contributed by atoms with Crippen LogP contribution in [0.2, 0.25) is 0 Å². The summed E-state index contributed by atoms with van der Waals surface area (Å²) >= 11 is 0. The van der Waals surface area contributed by atoms with Gasteiger partial charge in [0.25, 0.3) is 0 Å². The summed E-state index contributed by atoms with van der Waals surface area (Å²) in [5, 5.41) is 13.7. The van der Waals surface area contributed by atoms with E-state index in [2.05, 4.69) is 54.7 Å². The number of hydrogen-bond acceptors (Lipinski definition) is 4. The van der Waals surface area contributed by atoms with Crippen molar-refractivity contribution in [2.45, 2.75) is 56.3 Å². The molecule has 0 aromatic heterocycles. The van der Waals surface area contributed by atoms with Crippen molar-refractivity contribution in [2.75, 3.05) is 25.0 Å². The molecule has 2 aromatic carbocycles. The number of nitrogens with one attached hydrogen (secondary N) is 1. The summed E-state index contributed by atoms with van der Waals surface area (Å²) in [6, 6.07) is 15.5. The van der Waals surface area contributed by atoms with E-state index in [1.165, 1.54) is 16.7 Å². The molecule has 162 valence electrons. The molecule has 2 aromatic rings. The number of nitrogens with zero attached hydrogens (tertiary/aromatic N) is 1. The van der Waals surface area contributed by atoms with Crippen molar-refractivity contribution >= 4 is 11.6 Å². The molecule has 0 radical (unpaired) electrons. The van der Waals surface area contributed by atoms with Gasteiger partial charge < -0.3 is 20.1 Å². The summed E-state index contributed by atoms with van der Waals surface area (Å²) in [5.41, 5.74) is 5.62. The molecule has 5 nitrogen and oxygen atoms in total. The zero-order valence-corrected chi connectivity index (χ0v) is 18.0. The summed E-state index contributed by atoms with van der Waals surface area (Å²) in [6.07, 6.45) is 3.21. The molecule has 3 fully saturated rings. The van der Waals surface area contributed by atoms with Gasteiger partial charge in [0.15, 0.2) is 0 Å². The van der Waals surface area contributed by atoms with Crippen LogP contribution in [0.25, 0.3) is 0 Å². The van der Waals surface area contributed by atoms with Crippen LogP contribution in [-0.2, 0) is 14.9 Å². The Hall–Kier alpha value is -2.37. The number of fused-ring (bicyclic) bond motifs is 3. The molecule has 6 rings (SSSR count). The highest BCUT2D eigenvalue weighted by molar-refractivity contribution is 5.92. The van der Waals surface area contributed by atoms with Gasteiger partial charge >= 0.3 is 0 Å². The van der Waals surface area contributed by atoms with E-state index in [9.17, 15) is 9.90 Å². The standard InChI is InChI=1S/C26H30N2O3/c1-16-3-2-4-17(13-16)23-20-8-12-31-24(20)21-14-18(5-6-22(21)27-23)26(9-10-26)25(30)28-11-7-19(29)15-28/h2-6,13-14,19-20,23-24,27,29H,7-12,15H2,1H3/t19-,20-,23-,24-/m1/s1. The lowest BCUT2D eigenvalue weighted by atomic mass is 9.79. The van der Waals surface area contributed by atoms with Crippen molar-refractivity contribution in [3.05, 3.63) is 64.7 Å². The lowest BCUT2D eigenvalue weighted by Gasteiger charge is -2.37. The maximum atomic E-state index is 13.3. The van der Waals surface area contributed by atoms with Gasteiger partial charge in [0, 0.05) is 36.9 Å². The molecule has 2 saturated heterocycles. The maximum Gasteiger partial charge on any atom is 0.233 e. The van der Waals surface area contributed by atoms with Crippen molar-refractivity contribution in [2.24, 2.45) is 5.92 Å². The fourth-order valence-electron chi connectivity index (χ4n) is 5.94. The molecule has 2 N–H and O–H groups in total. The Labute approximate surface area is 183 Å². The van der Waals surface area contributed by atoms with Crippen molar-refractivity contribution in [3.63, 3.8) is 0 Å². The lowest BCUT2D eigenvalue weighted by Crippen LogP contribution is -2.38. The number of anilines is 1. The predicted molar refractivity (Wildman–Crippen MR) is 119 cm³/mol. The van der Waals surface area contributed by atoms with Crippen molar-refractivity contribution in [1.82, 2.24) is 4.90 Å². The molecule has 1 saturated carbocycles. The zero-order valence-electron chi connectivity index (χ0n) is 18.0. The van der Waals surface area contributed by atoms with Gasteiger partial charge in [-0.25, -0.2) is 0 Å². The number of benzene rings is 2. The molecule has 0 spiro atoms.